The molecule has 2 fully saturated rings. The fourth-order valence-corrected chi connectivity index (χ4v) is 4.27. The molecule has 2 atom stereocenters. The molecule has 1 spiro atoms. The molecule has 1 aliphatic carbocycles. The van der Waals surface area contributed by atoms with E-state index in [1.54, 1.807) is 0 Å². The summed E-state index contributed by atoms with van der Waals surface area (Å²) in [6.45, 7) is 5.84. The van der Waals surface area contributed by atoms with Gasteiger partial charge in [-0.15, -0.1) is 0 Å². The van der Waals surface area contributed by atoms with Gasteiger partial charge in [0.25, 0.3) is 0 Å². The van der Waals surface area contributed by atoms with Crippen molar-refractivity contribution in [3.63, 3.8) is 0 Å². The SMILES string of the molecule is CCCC(C)(CNC)CC1CCC2(CCCC2)O1. The minimum absolute atomic E-state index is 0.303. The molecular formula is C16H31NO. The van der Waals surface area contributed by atoms with Crippen LogP contribution in [0.5, 0.6) is 0 Å². The van der Waals surface area contributed by atoms with Gasteiger partial charge in [-0.1, -0.05) is 33.1 Å². The zero-order valence-corrected chi connectivity index (χ0v) is 12.6. The van der Waals surface area contributed by atoms with E-state index in [-0.39, 0.29) is 0 Å². The first kappa shape index (κ1) is 14.3. The molecule has 0 aromatic carbocycles. The summed E-state index contributed by atoms with van der Waals surface area (Å²) in [7, 11) is 2.07. The van der Waals surface area contributed by atoms with E-state index < -0.39 is 0 Å². The maximum atomic E-state index is 6.47. The van der Waals surface area contributed by atoms with Gasteiger partial charge in [-0.25, -0.2) is 0 Å². The lowest BCUT2D eigenvalue weighted by Gasteiger charge is -2.33. The second-order valence-corrected chi connectivity index (χ2v) is 6.96. The molecule has 1 saturated heterocycles. The van der Waals surface area contributed by atoms with Crippen molar-refractivity contribution in [3.05, 3.63) is 0 Å². The lowest BCUT2D eigenvalue weighted by Crippen LogP contribution is -2.34. The van der Waals surface area contributed by atoms with Gasteiger partial charge in [-0.05, 0) is 51.0 Å². The summed E-state index contributed by atoms with van der Waals surface area (Å²) in [6, 6.07) is 0. The highest BCUT2D eigenvalue weighted by Gasteiger charge is 2.43. The highest BCUT2D eigenvalue weighted by atomic mass is 16.5. The number of rotatable bonds is 6. The van der Waals surface area contributed by atoms with Crippen molar-refractivity contribution < 1.29 is 4.74 Å². The number of nitrogens with one attached hydrogen (secondary N) is 1. The molecule has 0 aromatic heterocycles. The Hall–Kier alpha value is -0.0800. The van der Waals surface area contributed by atoms with Crippen molar-refractivity contribution in [2.24, 2.45) is 5.41 Å². The molecule has 2 aliphatic rings. The minimum Gasteiger partial charge on any atom is -0.372 e. The average Bonchev–Trinajstić information content (AvgIpc) is 2.90. The molecule has 1 aliphatic heterocycles. The fourth-order valence-electron chi connectivity index (χ4n) is 4.27. The summed E-state index contributed by atoms with van der Waals surface area (Å²) in [5.74, 6) is 0. The predicted octanol–water partition coefficient (Wildman–Crippen LogP) is 3.89. The van der Waals surface area contributed by atoms with E-state index in [1.165, 1.54) is 57.8 Å². The predicted molar refractivity (Wildman–Crippen MR) is 76.9 cm³/mol. The molecule has 0 radical (unpaired) electrons. The van der Waals surface area contributed by atoms with Gasteiger partial charge >= 0.3 is 0 Å². The zero-order chi connectivity index (χ0) is 13.1. The highest BCUT2D eigenvalue weighted by molar-refractivity contribution is 4.94. The number of hydrogen-bond acceptors (Lipinski definition) is 2. The zero-order valence-electron chi connectivity index (χ0n) is 12.6. The maximum absolute atomic E-state index is 6.47. The van der Waals surface area contributed by atoms with E-state index in [4.69, 9.17) is 4.74 Å². The Morgan fingerprint density at radius 1 is 1.28 bits per heavy atom. The van der Waals surface area contributed by atoms with E-state index in [0.717, 1.165) is 6.54 Å². The van der Waals surface area contributed by atoms with E-state index in [2.05, 4.69) is 26.2 Å². The first-order chi connectivity index (χ1) is 8.61. The third-order valence-corrected chi connectivity index (χ3v) is 5.03. The Labute approximate surface area is 113 Å². The van der Waals surface area contributed by atoms with E-state index in [9.17, 15) is 0 Å². The van der Waals surface area contributed by atoms with Crippen molar-refractivity contribution in [2.75, 3.05) is 13.6 Å². The van der Waals surface area contributed by atoms with Crippen LogP contribution < -0.4 is 5.32 Å². The minimum atomic E-state index is 0.303. The van der Waals surface area contributed by atoms with Crippen molar-refractivity contribution in [2.45, 2.75) is 83.3 Å². The molecule has 2 heteroatoms. The highest BCUT2D eigenvalue weighted by Crippen LogP contribution is 2.46. The van der Waals surface area contributed by atoms with Crippen molar-refractivity contribution in [1.82, 2.24) is 5.32 Å². The Bertz CT molecular complexity index is 252. The third kappa shape index (κ3) is 3.27. The van der Waals surface area contributed by atoms with Gasteiger partial charge in [0.1, 0.15) is 0 Å². The van der Waals surface area contributed by atoms with Crippen LogP contribution in [0.4, 0.5) is 0 Å². The Kier molecular flexibility index (Phi) is 4.71. The lowest BCUT2D eigenvalue weighted by atomic mass is 9.79. The van der Waals surface area contributed by atoms with Crippen molar-refractivity contribution in [1.29, 1.82) is 0 Å². The second kappa shape index (κ2) is 5.92. The lowest BCUT2D eigenvalue weighted by molar-refractivity contribution is -0.0525. The van der Waals surface area contributed by atoms with Gasteiger partial charge in [-0.3, -0.25) is 0 Å². The molecule has 2 nitrogen and oxygen atoms in total. The van der Waals surface area contributed by atoms with E-state index >= 15 is 0 Å². The van der Waals surface area contributed by atoms with Crippen LogP contribution in [0.15, 0.2) is 0 Å². The van der Waals surface area contributed by atoms with E-state index in [0.29, 0.717) is 17.1 Å². The van der Waals surface area contributed by atoms with Crippen molar-refractivity contribution in [3.8, 4) is 0 Å². The average molecular weight is 253 g/mol. The molecule has 2 rings (SSSR count). The Morgan fingerprint density at radius 3 is 2.61 bits per heavy atom. The van der Waals surface area contributed by atoms with Gasteiger partial charge in [-0.2, -0.15) is 0 Å². The summed E-state index contributed by atoms with van der Waals surface area (Å²) >= 11 is 0. The molecule has 1 N–H and O–H groups in total. The molecule has 18 heavy (non-hydrogen) atoms. The first-order valence-corrected chi connectivity index (χ1v) is 7.94. The smallest absolute Gasteiger partial charge is 0.0687 e. The van der Waals surface area contributed by atoms with Crippen LogP contribution >= 0.6 is 0 Å². The van der Waals surface area contributed by atoms with Crippen LogP contribution in [0.3, 0.4) is 0 Å². The fraction of sp³-hybridized carbons (Fsp3) is 1.00. The van der Waals surface area contributed by atoms with Crippen LogP contribution in [-0.4, -0.2) is 25.3 Å². The summed E-state index contributed by atoms with van der Waals surface area (Å²) < 4.78 is 6.47. The van der Waals surface area contributed by atoms with Gasteiger partial charge in [0.2, 0.25) is 0 Å². The molecular weight excluding hydrogens is 222 g/mol. The molecule has 1 saturated carbocycles. The molecule has 106 valence electrons. The Morgan fingerprint density at radius 2 is 2.00 bits per heavy atom. The number of hydrogen-bond donors (Lipinski definition) is 1. The van der Waals surface area contributed by atoms with Crippen LogP contribution in [0.25, 0.3) is 0 Å². The second-order valence-electron chi connectivity index (χ2n) is 6.96. The van der Waals surface area contributed by atoms with Gasteiger partial charge in [0.15, 0.2) is 0 Å². The topological polar surface area (TPSA) is 21.3 Å². The van der Waals surface area contributed by atoms with Gasteiger partial charge in [0, 0.05) is 6.54 Å². The van der Waals surface area contributed by atoms with Crippen molar-refractivity contribution >= 4 is 0 Å². The van der Waals surface area contributed by atoms with E-state index in [1.807, 2.05) is 0 Å². The van der Waals surface area contributed by atoms with Crippen LogP contribution in [0.1, 0.15) is 71.6 Å². The monoisotopic (exact) mass is 253 g/mol. The maximum Gasteiger partial charge on any atom is 0.0687 e. The summed E-state index contributed by atoms with van der Waals surface area (Å²) in [6.07, 6.45) is 12.4. The summed E-state index contributed by atoms with van der Waals surface area (Å²) in [5.41, 5.74) is 0.718. The third-order valence-electron chi connectivity index (χ3n) is 5.03. The van der Waals surface area contributed by atoms with Crippen LogP contribution in [0, 0.1) is 5.41 Å². The Balaban J connectivity index is 1.88. The van der Waals surface area contributed by atoms with Crippen LogP contribution in [0.2, 0.25) is 0 Å². The molecule has 2 unspecified atom stereocenters. The standard InChI is InChI=1S/C16H31NO/c1-4-8-15(2,13-17-3)12-14-7-11-16(18-14)9-5-6-10-16/h14,17H,4-13H2,1-3H3. The van der Waals surface area contributed by atoms with Gasteiger partial charge < -0.3 is 10.1 Å². The first-order valence-electron chi connectivity index (χ1n) is 7.94. The quantitative estimate of drug-likeness (QED) is 0.775. The molecule has 0 bridgehead atoms. The normalized spacial score (nSPS) is 29.8. The molecule has 0 amide bonds. The van der Waals surface area contributed by atoms with Gasteiger partial charge in [0.05, 0.1) is 11.7 Å². The summed E-state index contributed by atoms with van der Waals surface area (Å²) in [4.78, 5) is 0. The molecule has 1 heterocycles. The summed E-state index contributed by atoms with van der Waals surface area (Å²) in [5, 5.41) is 3.37. The molecule has 0 aromatic rings. The van der Waals surface area contributed by atoms with Crippen LogP contribution in [-0.2, 0) is 4.74 Å². The number of ether oxygens (including phenoxy) is 1. The largest absolute Gasteiger partial charge is 0.372 e.